The molecule has 0 spiro atoms. The van der Waals surface area contributed by atoms with Crippen molar-refractivity contribution in [3.8, 4) is 6.07 Å². The van der Waals surface area contributed by atoms with Gasteiger partial charge in [0.2, 0.25) is 0 Å². The molecule has 0 aliphatic heterocycles. The maximum absolute atomic E-state index is 12.7. The molecular formula is C17H20BrNO3. The van der Waals surface area contributed by atoms with Gasteiger partial charge in [-0.25, -0.2) is 4.79 Å². The van der Waals surface area contributed by atoms with E-state index in [2.05, 4.69) is 22.0 Å². The number of carbonyl (C=O) groups is 2. The number of ketones is 1. The second kappa shape index (κ2) is 7.06. The van der Waals surface area contributed by atoms with Crippen LogP contribution < -0.4 is 0 Å². The average molecular weight is 366 g/mol. The molecule has 0 N–H and O–H groups in total. The minimum absolute atomic E-state index is 0.0711. The van der Waals surface area contributed by atoms with E-state index < -0.39 is 17.0 Å². The van der Waals surface area contributed by atoms with Crippen LogP contribution in [-0.2, 0) is 19.7 Å². The van der Waals surface area contributed by atoms with Crippen molar-refractivity contribution < 1.29 is 14.3 Å². The van der Waals surface area contributed by atoms with Crippen molar-refractivity contribution >= 4 is 27.7 Å². The summed E-state index contributed by atoms with van der Waals surface area (Å²) in [5.74, 6) is -0.694. The van der Waals surface area contributed by atoms with Crippen molar-refractivity contribution in [1.29, 1.82) is 5.26 Å². The highest BCUT2D eigenvalue weighted by Crippen LogP contribution is 2.33. The van der Waals surface area contributed by atoms with E-state index >= 15 is 0 Å². The topological polar surface area (TPSA) is 67.2 Å². The summed E-state index contributed by atoms with van der Waals surface area (Å²) in [4.78, 5) is 24.0. The van der Waals surface area contributed by atoms with Crippen LogP contribution in [-0.4, -0.2) is 17.4 Å². The van der Waals surface area contributed by atoms with Gasteiger partial charge < -0.3 is 9.53 Å². The highest BCUT2D eigenvalue weighted by Gasteiger charge is 2.44. The molecule has 0 saturated heterocycles. The summed E-state index contributed by atoms with van der Waals surface area (Å²) in [6, 6.07) is 9.08. The van der Waals surface area contributed by atoms with Crippen LogP contribution in [0.15, 0.2) is 28.7 Å². The number of rotatable bonds is 5. The van der Waals surface area contributed by atoms with Gasteiger partial charge in [-0.15, -0.1) is 0 Å². The predicted octanol–water partition coefficient (Wildman–Crippen LogP) is 3.92. The molecule has 0 aliphatic rings. The van der Waals surface area contributed by atoms with E-state index in [1.54, 1.807) is 39.0 Å². The molecule has 1 aromatic rings. The number of hydrogen-bond donors (Lipinski definition) is 0. The zero-order chi connectivity index (χ0) is 17.0. The minimum Gasteiger partial charge on any atom is -0.459 e. The second-order valence-electron chi connectivity index (χ2n) is 6.23. The first-order valence-corrected chi connectivity index (χ1v) is 7.80. The fourth-order valence-corrected chi connectivity index (χ4v) is 2.41. The number of hydrogen-bond acceptors (Lipinski definition) is 4. The van der Waals surface area contributed by atoms with Crippen LogP contribution >= 0.6 is 15.9 Å². The van der Waals surface area contributed by atoms with E-state index in [0.717, 1.165) is 4.47 Å². The van der Waals surface area contributed by atoms with Gasteiger partial charge in [-0.2, -0.15) is 5.26 Å². The van der Waals surface area contributed by atoms with E-state index in [9.17, 15) is 14.9 Å². The lowest BCUT2D eigenvalue weighted by molar-refractivity contribution is -0.160. The number of nitriles is 1. The predicted molar refractivity (Wildman–Crippen MR) is 87.2 cm³/mol. The first kappa shape index (κ1) is 18.4. The molecule has 0 bridgehead atoms. The third-order valence-electron chi connectivity index (χ3n) is 3.11. The van der Waals surface area contributed by atoms with Gasteiger partial charge in [0.05, 0.1) is 6.07 Å². The Morgan fingerprint density at radius 1 is 1.32 bits per heavy atom. The molecule has 22 heavy (non-hydrogen) atoms. The molecular weight excluding hydrogens is 346 g/mol. The van der Waals surface area contributed by atoms with E-state index in [1.807, 2.05) is 6.07 Å². The summed E-state index contributed by atoms with van der Waals surface area (Å²) < 4.78 is 6.19. The van der Waals surface area contributed by atoms with Crippen LogP contribution in [0.3, 0.4) is 0 Å². The number of benzene rings is 1. The normalized spacial score (nSPS) is 13.8. The number of halogens is 1. The summed E-state index contributed by atoms with van der Waals surface area (Å²) >= 11 is 3.35. The Labute approximate surface area is 139 Å². The van der Waals surface area contributed by atoms with E-state index in [1.165, 1.54) is 6.92 Å². The number of Topliss-reactive ketones (excluding diaryl/α,β-unsaturated/α-hetero) is 1. The Morgan fingerprint density at radius 3 is 2.41 bits per heavy atom. The van der Waals surface area contributed by atoms with Gasteiger partial charge in [0, 0.05) is 10.9 Å². The summed E-state index contributed by atoms with van der Waals surface area (Å²) in [7, 11) is 0. The van der Waals surface area contributed by atoms with E-state index in [0.29, 0.717) is 5.56 Å². The Morgan fingerprint density at radius 2 is 1.95 bits per heavy atom. The van der Waals surface area contributed by atoms with Crippen LogP contribution in [0.1, 0.15) is 46.1 Å². The number of nitrogens with zero attached hydrogens (tertiary/aromatic N) is 1. The summed E-state index contributed by atoms with van der Waals surface area (Å²) in [5, 5.41) is 9.72. The maximum Gasteiger partial charge on any atom is 0.331 e. The summed E-state index contributed by atoms with van der Waals surface area (Å²) in [5.41, 5.74) is -1.66. The summed E-state index contributed by atoms with van der Waals surface area (Å²) in [6.07, 6.45) is 0.240. The van der Waals surface area contributed by atoms with Crippen LogP contribution in [0.2, 0.25) is 0 Å². The van der Waals surface area contributed by atoms with Gasteiger partial charge in [0.15, 0.2) is 5.41 Å². The zero-order valence-electron chi connectivity index (χ0n) is 13.3. The van der Waals surface area contributed by atoms with Crippen LogP contribution in [0, 0.1) is 11.3 Å². The van der Waals surface area contributed by atoms with Crippen molar-refractivity contribution in [2.45, 2.75) is 51.6 Å². The minimum atomic E-state index is -1.48. The first-order chi connectivity index (χ1) is 10.1. The van der Waals surface area contributed by atoms with Gasteiger partial charge in [0.1, 0.15) is 11.4 Å². The number of esters is 1. The fourth-order valence-electron chi connectivity index (χ4n) is 2.01. The van der Waals surface area contributed by atoms with Crippen LogP contribution in [0.5, 0.6) is 0 Å². The molecule has 1 atom stereocenters. The molecule has 0 aromatic heterocycles. The number of ether oxygens (including phenoxy) is 1. The standard InChI is InChI=1S/C17H20BrNO3/c1-12(20)8-9-17(11-19,15(21)22-16(2,3)4)13-6-5-7-14(18)10-13/h5-7,10H,8-9H2,1-4H3/t17-/m0/s1. The van der Waals surface area contributed by atoms with Crippen LogP contribution in [0.25, 0.3) is 0 Å². The third-order valence-corrected chi connectivity index (χ3v) is 3.60. The van der Waals surface area contributed by atoms with Crippen molar-refractivity contribution in [2.24, 2.45) is 0 Å². The lowest BCUT2D eigenvalue weighted by Crippen LogP contribution is -2.40. The maximum atomic E-state index is 12.7. The molecule has 1 aromatic carbocycles. The molecule has 1 rings (SSSR count). The highest BCUT2D eigenvalue weighted by molar-refractivity contribution is 9.10. The zero-order valence-corrected chi connectivity index (χ0v) is 14.9. The highest BCUT2D eigenvalue weighted by atomic mass is 79.9. The van der Waals surface area contributed by atoms with Gasteiger partial charge in [-0.1, -0.05) is 28.1 Å². The number of carbonyl (C=O) groups excluding carboxylic acids is 2. The molecule has 0 heterocycles. The summed E-state index contributed by atoms with van der Waals surface area (Å²) in [6.45, 7) is 6.69. The molecule has 0 saturated carbocycles. The Hall–Kier alpha value is -1.67. The van der Waals surface area contributed by atoms with Gasteiger partial charge in [-0.3, -0.25) is 0 Å². The Balaban J connectivity index is 3.32. The molecule has 0 aliphatic carbocycles. The van der Waals surface area contributed by atoms with Gasteiger partial charge in [0.25, 0.3) is 0 Å². The fraction of sp³-hybridized carbons (Fsp3) is 0.471. The van der Waals surface area contributed by atoms with Gasteiger partial charge in [-0.05, 0) is 51.8 Å². The monoisotopic (exact) mass is 365 g/mol. The lowest BCUT2D eigenvalue weighted by Gasteiger charge is -2.29. The molecule has 0 radical (unpaired) electrons. The van der Waals surface area contributed by atoms with Crippen molar-refractivity contribution in [2.75, 3.05) is 0 Å². The third kappa shape index (κ3) is 4.67. The molecule has 0 fully saturated rings. The quantitative estimate of drug-likeness (QED) is 0.741. The molecule has 0 amide bonds. The van der Waals surface area contributed by atoms with Gasteiger partial charge >= 0.3 is 5.97 Å². The molecule has 4 nitrogen and oxygen atoms in total. The SMILES string of the molecule is CC(=O)CC[C@@](C#N)(C(=O)OC(C)(C)C)c1cccc(Br)c1. The molecule has 118 valence electrons. The smallest absolute Gasteiger partial charge is 0.331 e. The second-order valence-corrected chi connectivity index (χ2v) is 7.15. The molecule has 5 heteroatoms. The van der Waals surface area contributed by atoms with E-state index in [-0.39, 0.29) is 18.6 Å². The van der Waals surface area contributed by atoms with Crippen molar-refractivity contribution in [3.63, 3.8) is 0 Å². The van der Waals surface area contributed by atoms with E-state index in [4.69, 9.17) is 4.74 Å². The Kier molecular flexibility index (Phi) is 5.90. The lowest BCUT2D eigenvalue weighted by atomic mass is 9.77. The van der Waals surface area contributed by atoms with Crippen LogP contribution in [0.4, 0.5) is 0 Å². The Bertz CT molecular complexity index is 613. The molecule has 0 unspecified atom stereocenters. The average Bonchev–Trinajstić information content (AvgIpc) is 2.37. The van der Waals surface area contributed by atoms with Crippen molar-refractivity contribution in [3.05, 3.63) is 34.3 Å². The van der Waals surface area contributed by atoms with Crippen molar-refractivity contribution in [1.82, 2.24) is 0 Å². The largest absolute Gasteiger partial charge is 0.459 e. The first-order valence-electron chi connectivity index (χ1n) is 7.01.